The van der Waals surface area contributed by atoms with E-state index in [2.05, 4.69) is 36.9 Å². The lowest BCUT2D eigenvalue weighted by atomic mass is 9.93. The number of hydrogen-bond acceptors (Lipinski definition) is 2. The molecule has 2 rings (SSSR count). The number of Topliss-reactive ketones (excluding diaryl/α,β-unsaturated/α-hetero) is 1. The summed E-state index contributed by atoms with van der Waals surface area (Å²) in [6, 6.07) is 6.90. The highest BCUT2D eigenvalue weighted by molar-refractivity contribution is 5.78. The highest BCUT2D eigenvalue weighted by atomic mass is 16.1. The van der Waals surface area contributed by atoms with Crippen LogP contribution in [-0.4, -0.2) is 23.8 Å². The summed E-state index contributed by atoms with van der Waals surface area (Å²) in [6.45, 7) is 9.44. The number of benzene rings is 1. The molecule has 0 aromatic heterocycles. The van der Waals surface area contributed by atoms with Gasteiger partial charge in [-0.2, -0.15) is 0 Å². The highest BCUT2D eigenvalue weighted by Crippen LogP contribution is 2.24. The minimum atomic E-state index is 0.376. The summed E-state index contributed by atoms with van der Waals surface area (Å²) in [5.74, 6) is 0.978. The fourth-order valence-electron chi connectivity index (χ4n) is 2.64. The van der Waals surface area contributed by atoms with Crippen molar-refractivity contribution in [1.29, 1.82) is 0 Å². The van der Waals surface area contributed by atoms with Crippen molar-refractivity contribution in [1.82, 2.24) is 4.90 Å². The number of hydrogen-bond donors (Lipinski definition) is 0. The van der Waals surface area contributed by atoms with Crippen LogP contribution in [0.5, 0.6) is 0 Å². The lowest BCUT2D eigenvalue weighted by molar-refractivity contribution is -0.119. The molecule has 0 spiro atoms. The maximum atomic E-state index is 11.4. The van der Waals surface area contributed by atoms with Crippen molar-refractivity contribution in [3.63, 3.8) is 0 Å². The fraction of sp³-hybridized carbons (Fsp3) is 0.588. The molecular formula is C17H25NO. The van der Waals surface area contributed by atoms with Crippen molar-refractivity contribution in [2.45, 2.75) is 52.5 Å². The Bertz CT molecular complexity index is 451. The summed E-state index contributed by atoms with van der Waals surface area (Å²) in [5, 5.41) is 0. The van der Waals surface area contributed by atoms with Gasteiger partial charge in [-0.3, -0.25) is 9.69 Å². The van der Waals surface area contributed by atoms with E-state index in [1.807, 2.05) is 6.92 Å². The SMILES string of the molecule is CCC(=O)CCN1CCc2cc(C(C)C)ccc2C1. The number of carbonyl (C=O) groups is 1. The Morgan fingerprint density at radius 1 is 1.32 bits per heavy atom. The number of rotatable bonds is 5. The topological polar surface area (TPSA) is 20.3 Å². The van der Waals surface area contributed by atoms with E-state index in [9.17, 15) is 4.79 Å². The molecule has 1 aromatic carbocycles. The molecule has 0 unspecified atom stereocenters. The van der Waals surface area contributed by atoms with Gasteiger partial charge in [0.25, 0.3) is 0 Å². The third kappa shape index (κ3) is 3.66. The van der Waals surface area contributed by atoms with Crippen LogP contribution in [-0.2, 0) is 17.8 Å². The van der Waals surface area contributed by atoms with Crippen LogP contribution >= 0.6 is 0 Å². The molecule has 2 nitrogen and oxygen atoms in total. The van der Waals surface area contributed by atoms with Gasteiger partial charge in [-0.25, -0.2) is 0 Å². The predicted octanol–water partition coefficient (Wildman–Crippen LogP) is 3.54. The molecule has 0 amide bonds. The van der Waals surface area contributed by atoms with Crippen molar-refractivity contribution >= 4 is 5.78 Å². The Morgan fingerprint density at radius 2 is 2.11 bits per heavy atom. The largest absolute Gasteiger partial charge is 0.300 e. The number of carbonyl (C=O) groups excluding carboxylic acids is 1. The number of ketones is 1. The van der Waals surface area contributed by atoms with Crippen LogP contribution < -0.4 is 0 Å². The molecular weight excluding hydrogens is 234 g/mol. The molecule has 0 radical (unpaired) electrons. The summed E-state index contributed by atoms with van der Waals surface area (Å²) < 4.78 is 0. The Balaban J connectivity index is 1.98. The molecule has 19 heavy (non-hydrogen) atoms. The fourth-order valence-corrected chi connectivity index (χ4v) is 2.64. The van der Waals surface area contributed by atoms with E-state index in [1.54, 1.807) is 0 Å². The van der Waals surface area contributed by atoms with Crippen molar-refractivity contribution in [2.24, 2.45) is 0 Å². The van der Waals surface area contributed by atoms with E-state index >= 15 is 0 Å². The molecule has 0 aliphatic carbocycles. The second-order valence-corrected chi connectivity index (χ2v) is 5.85. The predicted molar refractivity (Wildman–Crippen MR) is 79.4 cm³/mol. The van der Waals surface area contributed by atoms with Gasteiger partial charge in [0.15, 0.2) is 0 Å². The standard InChI is InChI=1S/C17H25NO/c1-4-17(19)8-10-18-9-7-15-11-14(13(2)3)5-6-16(15)12-18/h5-6,11,13H,4,7-10,12H2,1-3H3. The molecule has 2 heteroatoms. The van der Waals surface area contributed by atoms with E-state index in [1.165, 1.54) is 16.7 Å². The van der Waals surface area contributed by atoms with Crippen LogP contribution in [0, 0.1) is 0 Å². The van der Waals surface area contributed by atoms with Gasteiger partial charge in [0, 0.05) is 32.5 Å². The Morgan fingerprint density at radius 3 is 2.79 bits per heavy atom. The average Bonchev–Trinajstić information content (AvgIpc) is 2.43. The van der Waals surface area contributed by atoms with Crippen LogP contribution in [0.15, 0.2) is 18.2 Å². The molecule has 1 heterocycles. The van der Waals surface area contributed by atoms with Crippen molar-refractivity contribution in [3.05, 3.63) is 34.9 Å². The zero-order chi connectivity index (χ0) is 13.8. The van der Waals surface area contributed by atoms with Crippen LogP contribution in [0.25, 0.3) is 0 Å². The Kier molecular flexibility index (Phi) is 4.76. The smallest absolute Gasteiger partial charge is 0.133 e. The first-order chi connectivity index (χ1) is 9.10. The maximum absolute atomic E-state index is 11.4. The number of nitrogens with zero attached hydrogens (tertiary/aromatic N) is 1. The van der Waals surface area contributed by atoms with E-state index in [4.69, 9.17) is 0 Å². The van der Waals surface area contributed by atoms with Gasteiger partial charge in [0.05, 0.1) is 0 Å². The molecule has 104 valence electrons. The van der Waals surface area contributed by atoms with Crippen molar-refractivity contribution in [2.75, 3.05) is 13.1 Å². The van der Waals surface area contributed by atoms with Gasteiger partial charge in [-0.15, -0.1) is 0 Å². The van der Waals surface area contributed by atoms with Gasteiger partial charge >= 0.3 is 0 Å². The molecule has 0 bridgehead atoms. The third-order valence-corrected chi connectivity index (χ3v) is 4.09. The van der Waals surface area contributed by atoms with Gasteiger partial charge in [0.2, 0.25) is 0 Å². The number of fused-ring (bicyclic) bond motifs is 1. The van der Waals surface area contributed by atoms with Crippen LogP contribution in [0.4, 0.5) is 0 Å². The minimum Gasteiger partial charge on any atom is -0.300 e. The summed E-state index contributed by atoms with van der Waals surface area (Å²) in [6.07, 6.45) is 2.49. The summed E-state index contributed by atoms with van der Waals surface area (Å²) in [7, 11) is 0. The van der Waals surface area contributed by atoms with Gasteiger partial charge in [-0.05, 0) is 29.0 Å². The molecule has 0 atom stereocenters. The van der Waals surface area contributed by atoms with E-state index in [0.717, 1.165) is 26.1 Å². The second-order valence-electron chi connectivity index (χ2n) is 5.85. The lowest BCUT2D eigenvalue weighted by Gasteiger charge is -2.29. The average molecular weight is 259 g/mol. The zero-order valence-electron chi connectivity index (χ0n) is 12.4. The lowest BCUT2D eigenvalue weighted by Crippen LogP contribution is -2.32. The molecule has 0 saturated carbocycles. The Labute approximate surface area is 116 Å². The Hall–Kier alpha value is -1.15. The maximum Gasteiger partial charge on any atom is 0.133 e. The molecule has 1 aliphatic rings. The molecule has 1 aliphatic heterocycles. The van der Waals surface area contributed by atoms with Crippen LogP contribution in [0.2, 0.25) is 0 Å². The molecule has 1 aromatic rings. The third-order valence-electron chi connectivity index (χ3n) is 4.09. The summed E-state index contributed by atoms with van der Waals surface area (Å²) in [5.41, 5.74) is 4.39. The van der Waals surface area contributed by atoms with E-state index in [0.29, 0.717) is 24.5 Å². The molecule has 0 N–H and O–H groups in total. The minimum absolute atomic E-state index is 0.376. The first kappa shape index (κ1) is 14.3. The second kappa shape index (κ2) is 6.33. The van der Waals surface area contributed by atoms with Gasteiger partial charge < -0.3 is 0 Å². The summed E-state index contributed by atoms with van der Waals surface area (Å²) in [4.78, 5) is 13.8. The van der Waals surface area contributed by atoms with Crippen molar-refractivity contribution in [3.8, 4) is 0 Å². The van der Waals surface area contributed by atoms with E-state index in [-0.39, 0.29) is 0 Å². The first-order valence-electron chi connectivity index (χ1n) is 7.46. The normalized spacial score (nSPS) is 15.6. The van der Waals surface area contributed by atoms with E-state index < -0.39 is 0 Å². The quantitative estimate of drug-likeness (QED) is 0.806. The first-order valence-corrected chi connectivity index (χ1v) is 7.46. The van der Waals surface area contributed by atoms with Crippen LogP contribution in [0.1, 0.15) is 56.2 Å². The highest BCUT2D eigenvalue weighted by Gasteiger charge is 2.17. The van der Waals surface area contributed by atoms with Crippen LogP contribution in [0.3, 0.4) is 0 Å². The van der Waals surface area contributed by atoms with Crippen molar-refractivity contribution < 1.29 is 4.79 Å². The summed E-state index contributed by atoms with van der Waals surface area (Å²) >= 11 is 0. The monoisotopic (exact) mass is 259 g/mol. The zero-order valence-corrected chi connectivity index (χ0v) is 12.4. The molecule has 0 saturated heterocycles. The van der Waals surface area contributed by atoms with Gasteiger partial charge in [0.1, 0.15) is 5.78 Å². The molecule has 0 fully saturated rings. The van der Waals surface area contributed by atoms with Gasteiger partial charge in [-0.1, -0.05) is 39.0 Å².